The molecule has 0 saturated carbocycles. The first-order valence-electron chi connectivity index (χ1n) is 31.7. The normalized spacial score (nSPS) is 14.9. The predicted molar refractivity (Wildman–Crippen MR) is 301 cm³/mol. The summed E-state index contributed by atoms with van der Waals surface area (Å²) in [7, 11) is 0. The van der Waals surface area contributed by atoms with Gasteiger partial charge in [-0.05, 0) is 25.7 Å². The zero-order valence-electron chi connectivity index (χ0n) is 49.8. The summed E-state index contributed by atoms with van der Waals surface area (Å²) in [4.78, 5) is 148. The molecule has 458 valence electrons. The second kappa shape index (κ2) is 45.7. The third-order valence-corrected chi connectivity index (χ3v) is 14.7. The van der Waals surface area contributed by atoms with Crippen molar-refractivity contribution in [3.05, 3.63) is 0 Å². The molecular weight excluding hydrogens is 1030 g/mol. The van der Waals surface area contributed by atoms with Gasteiger partial charge in [0, 0.05) is 51.4 Å². The minimum Gasteiger partial charge on any atom is -0.454 e. The minimum atomic E-state index is -2.46. The van der Waals surface area contributed by atoms with E-state index < -0.39 is 83.9 Å². The highest BCUT2D eigenvalue weighted by Gasteiger charge is 2.53. The van der Waals surface area contributed by atoms with Crippen LogP contribution in [0.3, 0.4) is 0 Å². The third-order valence-electron chi connectivity index (χ3n) is 14.7. The average Bonchev–Trinajstić information content (AvgIpc) is 3.93. The Hall–Kier alpha value is -4.90. The van der Waals surface area contributed by atoms with Crippen molar-refractivity contribution in [3.63, 3.8) is 0 Å². The van der Waals surface area contributed by atoms with Crippen molar-refractivity contribution < 1.29 is 76.6 Å². The second-order valence-corrected chi connectivity index (χ2v) is 22.0. The zero-order chi connectivity index (χ0) is 58.6. The highest BCUT2D eigenvalue weighted by atomic mass is 16.8. The maximum absolute atomic E-state index is 14.6. The van der Waals surface area contributed by atoms with E-state index in [1.807, 2.05) is 0 Å². The van der Waals surface area contributed by atoms with Gasteiger partial charge in [-0.15, -0.1) is 10.1 Å². The number of hydrogen-bond donors (Lipinski definition) is 0. The number of imide groups is 2. The molecule has 4 amide bonds. The number of nitrogens with zero attached hydrogens (tertiary/aromatic N) is 2. The Morgan fingerprint density at radius 3 is 0.700 bits per heavy atom. The number of hydrogen-bond acceptors (Lipinski definition) is 16. The van der Waals surface area contributed by atoms with Crippen molar-refractivity contribution in [2.75, 3.05) is 0 Å². The number of esters is 4. The lowest BCUT2D eigenvalue weighted by molar-refractivity contribution is -0.229. The van der Waals surface area contributed by atoms with Crippen molar-refractivity contribution in [1.29, 1.82) is 0 Å². The van der Waals surface area contributed by atoms with Crippen LogP contribution in [0.25, 0.3) is 0 Å². The molecular formula is C62H104N2O16. The number of carbonyl (C=O) groups excluding carboxylic acids is 10. The molecule has 18 heteroatoms. The average molecular weight is 1130 g/mol. The van der Waals surface area contributed by atoms with E-state index in [1.165, 1.54) is 0 Å². The van der Waals surface area contributed by atoms with Gasteiger partial charge in [0.25, 0.3) is 23.6 Å². The van der Waals surface area contributed by atoms with E-state index in [0.29, 0.717) is 51.4 Å². The van der Waals surface area contributed by atoms with Gasteiger partial charge in [0.2, 0.25) is 12.2 Å². The van der Waals surface area contributed by atoms with Gasteiger partial charge in [-0.3, -0.25) is 38.4 Å². The van der Waals surface area contributed by atoms with Gasteiger partial charge in [0.15, 0.2) is 12.2 Å². The summed E-state index contributed by atoms with van der Waals surface area (Å²) in [5, 5.41) is 0.411. The highest BCUT2D eigenvalue weighted by Crippen LogP contribution is 2.27. The lowest BCUT2D eigenvalue weighted by Crippen LogP contribution is -2.58. The number of amides is 4. The molecule has 0 unspecified atom stereocenters. The molecule has 0 aromatic rings. The first kappa shape index (κ1) is 71.2. The maximum Gasteiger partial charge on any atom is 0.377 e. The molecule has 2 heterocycles. The molecule has 2 aliphatic heterocycles. The molecule has 2 fully saturated rings. The van der Waals surface area contributed by atoms with Gasteiger partial charge in [0.1, 0.15) is 0 Å². The standard InChI is InChI=1S/C62H104N2O16/c1-5-9-13-17-21-25-29-33-37-41-53(69)75-57(59(61(73)79-63-49(65)45-46-50(63)66)77-55(71)43-39-35-31-27-23-19-15-11-7-3)58(76-54(70)42-38-34-30-26-22-18-14-10-6-2)60(62(74)80-64-51(67)47-48-52(64)68)78-56(72)44-40-36-32-28-24-20-16-12-8-4/h57-60H,5-48H2,1-4H3/t57-,58+,59+,60-. The van der Waals surface area contributed by atoms with E-state index in [9.17, 15) is 47.9 Å². The van der Waals surface area contributed by atoms with Gasteiger partial charge in [-0.1, -0.05) is 233 Å². The molecule has 0 aromatic heterocycles. The molecule has 2 aliphatic rings. The lowest BCUT2D eigenvalue weighted by Gasteiger charge is -2.34. The van der Waals surface area contributed by atoms with Crippen LogP contribution < -0.4 is 0 Å². The van der Waals surface area contributed by atoms with E-state index in [4.69, 9.17) is 28.6 Å². The molecule has 0 spiro atoms. The molecule has 80 heavy (non-hydrogen) atoms. The Labute approximate surface area is 479 Å². The monoisotopic (exact) mass is 1130 g/mol. The molecule has 18 nitrogen and oxygen atoms in total. The Morgan fingerprint density at radius 1 is 0.300 bits per heavy atom. The fraction of sp³-hybridized carbons (Fsp3) is 0.839. The molecule has 0 radical (unpaired) electrons. The summed E-state index contributed by atoms with van der Waals surface area (Å²) in [6.45, 7) is 8.59. The SMILES string of the molecule is CCCCCCCCCCCC(=O)O[C@H]([C@H](OC(=O)CCCCCCCCCCC)[C@@H](OC(=O)CCCCCCCCCCC)C(=O)ON1C(=O)CCC1=O)[C@H](OC(=O)CCCCCCCCCCC)C(=O)ON1C(=O)CCC1=O. The fourth-order valence-electron chi connectivity index (χ4n) is 9.84. The molecule has 4 atom stereocenters. The van der Waals surface area contributed by atoms with Crippen LogP contribution in [0.4, 0.5) is 0 Å². The van der Waals surface area contributed by atoms with Crippen LogP contribution in [0.5, 0.6) is 0 Å². The van der Waals surface area contributed by atoms with Crippen molar-refractivity contribution >= 4 is 59.4 Å². The van der Waals surface area contributed by atoms with Gasteiger partial charge < -0.3 is 28.6 Å². The van der Waals surface area contributed by atoms with Gasteiger partial charge in [-0.25, -0.2) is 9.59 Å². The van der Waals surface area contributed by atoms with Crippen LogP contribution in [-0.2, 0) is 76.6 Å². The van der Waals surface area contributed by atoms with Crippen LogP contribution >= 0.6 is 0 Å². The van der Waals surface area contributed by atoms with E-state index in [-0.39, 0.29) is 61.5 Å². The largest absolute Gasteiger partial charge is 0.454 e. The highest BCUT2D eigenvalue weighted by molar-refractivity contribution is 6.02. The van der Waals surface area contributed by atoms with Crippen LogP contribution in [0.1, 0.15) is 310 Å². The van der Waals surface area contributed by atoms with E-state index in [0.717, 1.165) is 180 Å². The summed E-state index contributed by atoms with van der Waals surface area (Å²) in [6.07, 6.45) is 21.1. The van der Waals surface area contributed by atoms with E-state index >= 15 is 0 Å². The summed E-state index contributed by atoms with van der Waals surface area (Å²) in [5.74, 6) is -10.7. The number of rotatable bonds is 51. The van der Waals surface area contributed by atoms with Crippen LogP contribution in [0, 0.1) is 0 Å². The van der Waals surface area contributed by atoms with Crippen LogP contribution in [0.15, 0.2) is 0 Å². The van der Waals surface area contributed by atoms with Crippen molar-refractivity contribution in [3.8, 4) is 0 Å². The predicted octanol–water partition coefficient (Wildman–Crippen LogP) is 13.5. The first-order valence-corrected chi connectivity index (χ1v) is 31.7. The molecule has 0 bridgehead atoms. The smallest absolute Gasteiger partial charge is 0.377 e. The Kier molecular flexibility index (Phi) is 40.7. The van der Waals surface area contributed by atoms with Gasteiger partial charge in [-0.2, -0.15) is 0 Å². The number of unbranched alkanes of at least 4 members (excludes halogenated alkanes) is 32. The van der Waals surface area contributed by atoms with Crippen molar-refractivity contribution in [2.45, 2.75) is 335 Å². The van der Waals surface area contributed by atoms with Gasteiger partial charge >= 0.3 is 35.8 Å². The van der Waals surface area contributed by atoms with Crippen molar-refractivity contribution in [2.24, 2.45) is 0 Å². The van der Waals surface area contributed by atoms with Gasteiger partial charge in [0.05, 0.1) is 0 Å². The zero-order valence-corrected chi connectivity index (χ0v) is 49.8. The summed E-state index contributed by atoms with van der Waals surface area (Å²) in [6, 6.07) is 0. The Balaban J connectivity index is 2.69. The quantitative estimate of drug-likeness (QED) is 0.0238. The number of ether oxygens (including phenoxy) is 4. The van der Waals surface area contributed by atoms with E-state index in [1.54, 1.807) is 0 Å². The minimum absolute atomic E-state index is 0.206. The van der Waals surface area contributed by atoms with E-state index in [2.05, 4.69) is 27.7 Å². The number of carbonyl (C=O) groups is 10. The van der Waals surface area contributed by atoms with Crippen LogP contribution in [-0.4, -0.2) is 94.0 Å². The van der Waals surface area contributed by atoms with Crippen molar-refractivity contribution in [1.82, 2.24) is 10.1 Å². The third kappa shape index (κ3) is 31.9. The molecule has 2 saturated heterocycles. The maximum atomic E-state index is 14.6. The summed E-state index contributed by atoms with van der Waals surface area (Å²) in [5.41, 5.74) is 0. The number of hydroxylamine groups is 4. The molecule has 0 N–H and O–H groups in total. The topological polar surface area (TPSA) is 233 Å². The Bertz CT molecular complexity index is 1660. The Morgan fingerprint density at radius 2 is 0.487 bits per heavy atom. The summed E-state index contributed by atoms with van der Waals surface area (Å²) < 4.78 is 23.8. The molecule has 0 aliphatic carbocycles. The lowest BCUT2D eigenvalue weighted by atomic mass is 10.0. The fourth-order valence-corrected chi connectivity index (χ4v) is 9.84. The molecule has 0 aromatic carbocycles. The first-order chi connectivity index (χ1) is 38.8. The van der Waals surface area contributed by atoms with Crippen LogP contribution in [0.2, 0.25) is 0 Å². The second-order valence-electron chi connectivity index (χ2n) is 22.0. The summed E-state index contributed by atoms with van der Waals surface area (Å²) >= 11 is 0. The molecule has 2 rings (SSSR count).